The summed E-state index contributed by atoms with van der Waals surface area (Å²) in [6.45, 7) is 27.0. The van der Waals surface area contributed by atoms with Crippen molar-refractivity contribution < 1.29 is 43.8 Å². The van der Waals surface area contributed by atoms with Gasteiger partial charge in [-0.25, -0.2) is 0 Å². The molecule has 2 aromatic rings. The summed E-state index contributed by atoms with van der Waals surface area (Å²) in [5, 5.41) is 0. The summed E-state index contributed by atoms with van der Waals surface area (Å²) in [6, 6.07) is 21.4. The first kappa shape index (κ1) is 36.6. The Bertz CT molecular complexity index is 853. The Morgan fingerprint density at radius 2 is 1.17 bits per heavy atom. The Kier molecular flexibility index (Phi) is 28.5. The van der Waals surface area contributed by atoms with Gasteiger partial charge in [0.25, 0.3) is 0 Å². The number of ether oxygens (including phenoxy) is 1. The van der Waals surface area contributed by atoms with Gasteiger partial charge < -0.3 is 0 Å². The van der Waals surface area contributed by atoms with E-state index in [1.165, 1.54) is 29.7 Å². The van der Waals surface area contributed by atoms with Crippen LogP contribution >= 0.6 is 0 Å². The van der Waals surface area contributed by atoms with E-state index in [2.05, 4.69) is 121 Å². The van der Waals surface area contributed by atoms with Crippen LogP contribution in [0.15, 0.2) is 72.4 Å². The molecule has 1 fully saturated rings. The van der Waals surface area contributed by atoms with Crippen molar-refractivity contribution in [2.45, 2.75) is 32.9 Å². The normalized spacial score (nSPS) is 10.5. The third-order valence-electron chi connectivity index (χ3n) is 4.35. The van der Waals surface area contributed by atoms with Gasteiger partial charge in [0.05, 0.1) is 0 Å². The molecule has 1 aliphatic carbocycles. The van der Waals surface area contributed by atoms with Gasteiger partial charge in [0.2, 0.25) is 0 Å². The third-order valence-corrected chi connectivity index (χ3v) is 4.71. The van der Waals surface area contributed by atoms with Crippen LogP contribution < -0.4 is 0 Å². The number of hydrogen-bond donors (Lipinski definition) is 0. The maximum atomic E-state index is 7.50. The summed E-state index contributed by atoms with van der Waals surface area (Å²) in [6.07, 6.45) is 4.74. The Hall–Kier alpha value is -2.96. The SMILES string of the molecule is CCO[C](=[Cr])/C=C(/C1CC1)N(Cc1ccccc1)Cc1ccccc1.[C-]#[O+].[C-]#[O+].[C-]#[O+].[C-]#[O+].[C-]#[O+]. The van der Waals surface area contributed by atoms with Crippen LogP contribution in [-0.2, 0) is 56.9 Å². The molecule has 7 nitrogen and oxygen atoms in total. The zero-order valence-electron chi connectivity index (χ0n) is 19.3. The molecule has 0 spiro atoms. The van der Waals surface area contributed by atoms with Gasteiger partial charge in [-0.1, -0.05) is 0 Å². The van der Waals surface area contributed by atoms with Crippen LogP contribution in [0.1, 0.15) is 30.9 Å². The molecule has 0 aliphatic heterocycles. The van der Waals surface area contributed by atoms with Crippen LogP contribution in [0, 0.1) is 39.2 Å². The van der Waals surface area contributed by atoms with Gasteiger partial charge in [-0.2, -0.15) is 0 Å². The molecule has 1 saturated carbocycles. The Balaban J connectivity index is -0.000000912. The van der Waals surface area contributed by atoms with Crippen molar-refractivity contribution in [2.24, 2.45) is 5.92 Å². The van der Waals surface area contributed by atoms with Crippen molar-refractivity contribution in [1.82, 2.24) is 4.90 Å². The molecular formula is C27H25CrNO6. The number of rotatable bonds is 9. The van der Waals surface area contributed by atoms with Gasteiger partial charge in [-0.15, -0.1) is 0 Å². The summed E-state index contributed by atoms with van der Waals surface area (Å²) < 4.78 is 44.0. The fourth-order valence-electron chi connectivity index (χ4n) is 3.00. The molecule has 0 unspecified atom stereocenters. The van der Waals surface area contributed by atoms with E-state index in [9.17, 15) is 0 Å². The molecule has 0 radical (unpaired) electrons. The molecule has 8 heteroatoms. The van der Waals surface area contributed by atoms with E-state index in [0.29, 0.717) is 12.5 Å². The summed E-state index contributed by atoms with van der Waals surface area (Å²) in [7, 11) is 0. The molecule has 1 aliphatic rings. The van der Waals surface area contributed by atoms with Gasteiger partial charge in [0.15, 0.2) is 0 Å². The van der Waals surface area contributed by atoms with Crippen LogP contribution in [0.25, 0.3) is 0 Å². The molecule has 35 heavy (non-hydrogen) atoms. The fraction of sp³-hybridized carbons (Fsp3) is 0.259. The Morgan fingerprint density at radius 3 is 1.49 bits per heavy atom. The molecule has 2 aromatic carbocycles. The predicted molar refractivity (Wildman–Crippen MR) is 119 cm³/mol. The second-order valence-corrected chi connectivity index (χ2v) is 7.05. The number of nitrogens with zero attached hydrogens (tertiary/aromatic N) is 1. The van der Waals surface area contributed by atoms with Crippen LogP contribution in [0.3, 0.4) is 0 Å². The van der Waals surface area contributed by atoms with E-state index >= 15 is 0 Å². The van der Waals surface area contributed by atoms with E-state index in [1.54, 1.807) is 0 Å². The summed E-state index contributed by atoms with van der Waals surface area (Å²) in [5.41, 5.74) is 4.06. The molecular weight excluding hydrogens is 486 g/mol. The molecule has 3 rings (SSSR count). The molecule has 180 valence electrons. The monoisotopic (exact) mass is 511 g/mol. The minimum absolute atomic E-state index is 0.649. The predicted octanol–water partition coefficient (Wildman–Crippen LogP) is 4.51. The van der Waals surface area contributed by atoms with Crippen molar-refractivity contribution in [3.63, 3.8) is 0 Å². The summed E-state index contributed by atoms with van der Waals surface area (Å²) in [4.78, 5) is 2.50. The first-order chi connectivity index (χ1) is 17.3. The molecule has 0 saturated heterocycles. The first-order valence-electron chi connectivity index (χ1n) is 9.99. The van der Waals surface area contributed by atoms with Gasteiger partial charge in [-0.3, -0.25) is 0 Å². The zero-order valence-corrected chi connectivity index (χ0v) is 20.5. The van der Waals surface area contributed by atoms with Gasteiger partial charge >= 0.3 is 216 Å². The summed E-state index contributed by atoms with van der Waals surface area (Å²) >= 11 is 3.07. The number of hydrogen-bond acceptors (Lipinski definition) is 2. The van der Waals surface area contributed by atoms with Crippen LogP contribution in [0.4, 0.5) is 0 Å². The minimum atomic E-state index is 0.649. The fourth-order valence-corrected chi connectivity index (χ4v) is 3.37. The average Bonchev–Trinajstić information content (AvgIpc) is 3.80. The first-order valence-corrected chi connectivity index (χ1v) is 10.6. The Morgan fingerprint density at radius 1 is 0.800 bits per heavy atom. The maximum absolute atomic E-state index is 7.50. The van der Waals surface area contributed by atoms with Crippen LogP contribution in [0.5, 0.6) is 0 Å². The standard InChI is InChI=1S/C22H25NO.5CO.Cr/c1-2-24-16-15-22(21-13-14-21)23(17-19-9-5-3-6-10-19)18-20-11-7-4-8-12-20;5*1-2;/h3-12,15,21H,2,13-14,17-18H2,1H3;;;;;;/b22-15-;;;;;;. The molecule has 0 amide bonds. The van der Waals surface area contributed by atoms with Crippen molar-refractivity contribution in [3.05, 3.63) is 117 Å². The molecule has 0 heterocycles. The molecule has 0 atom stereocenters. The van der Waals surface area contributed by atoms with Gasteiger partial charge in [-0.05, 0) is 0 Å². The average molecular weight is 511 g/mol. The van der Waals surface area contributed by atoms with Crippen LogP contribution in [-0.4, -0.2) is 16.1 Å². The quantitative estimate of drug-likeness (QED) is 0.364. The van der Waals surface area contributed by atoms with Crippen molar-refractivity contribution in [1.29, 1.82) is 0 Å². The van der Waals surface area contributed by atoms with Crippen molar-refractivity contribution >= 4 is 4.57 Å². The molecule has 0 aromatic heterocycles. The third kappa shape index (κ3) is 17.2. The van der Waals surface area contributed by atoms with Crippen LogP contribution in [0.2, 0.25) is 0 Å². The number of allylic oxidation sites excluding steroid dienone is 1. The van der Waals surface area contributed by atoms with E-state index < -0.39 is 0 Å². The number of benzene rings is 2. The van der Waals surface area contributed by atoms with Gasteiger partial charge in [0, 0.05) is 0 Å². The summed E-state index contributed by atoms with van der Waals surface area (Å²) in [5.74, 6) is 0.649. The van der Waals surface area contributed by atoms with E-state index in [1.807, 2.05) is 6.92 Å². The van der Waals surface area contributed by atoms with E-state index in [0.717, 1.165) is 17.7 Å². The Labute approximate surface area is 215 Å². The second kappa shape index (κ2) is 27.3. The van der Waals surface area contributed by atoms with Crippen molar-refractivity contribution in [3.8, 4) is 0 Å². The second-order valence-electron chi connectivity index (χ2n) is 6.42. The van der Waals surface area contributed by atoms with E-state index in [4.69, 9.17) is 28.0 Å². The van der Waals surface area contributed by atoms with Gasteiger partial charge in [0.1, 0.15) is 0 Å². The molecule has 0 N–H and O–H groups in total. The zero-order chi connectivity index (χ0) is 27.5. The van der Waals surface area contributed by atoms with E-state index in [-0.39, 0.29) is 0 Å². The molecule has 0 bridgehead atoms. The topological polar surface area (TPSA) is 112 Å². The van der Waals surface area contributed by atoms with Crippen molar-refractivity contribution in [2.75, 3.05) is 6.61 Å².